The van der Waals surface area contributed by atoms with Crippen LogP contribution in [0.2, 0.25) is 0 Å². The number of hydrogen-bond donors (Lipinski definition) is 1. The van der Waals surface area contributed by atoms with Crippen molar-refractivity contribution in [1.82, 2.24) is 4.57 Å². The lowest BCUT2D eigenvalue weighted by Gasteiger charge is -2.27. The molecule has 39 heavy (non-hydrogen) atoms. The summed E-state index contributed by atoms with van der Waals surface area (Å²) in [5, 5.41) is 9.56. The predicted octanol–water partition coefficient (Wildman–Crippen LogP) is 5.18. The molecule has 0 saturated carbocycles. The van der Waals surface area contributed by atoms with E-state index in [-0.39, 0.29) is 23.7 Å². The van der Waals surface area contributed by atoms with Gasteiger partial charge in [0.15, 0.2) is 0 Å². The lowest BCUT2D eigenvalue weighted by molar-refractivity contribution is -0.135. The van der Waals surface area contributed by atoms with Gasteiger partial charge in [0.2, 0.25) is 0 Å². The molecule has 0 saturated heterocycles. The Balaban J connectivity index is 1.41. The first-order valence-electron chi connectivity index (χ1n) is 13.0. The Morgan fingerprint density at radius 3 is 2.38 bits per heavy atom. The monoisotopic (exact) mass is 525 g/mol. The summed E-state index contributed by atoms with van der Waals surface area (Å²) < 4.78 is 18.7. The third-order valence-electron chi connectivity index (χ3n) is 7.11. The number of phenols is 1. The number of aromatic hydroxyl groups is 1. The van der Waals surface area contributed by atoms with Gasteiger partial charge >= 0.3 is 5.97 Å². The topological polar surface area (TPSA) is 87.0 Å². The van der Waals surface area contributed by atoms with Gasteiger partial charge in [0.1, 0.15) is 23.0 Å². The fourth-order valence-corrected chi connectivity index (χ4v) is 5.01. The van der Waals surface area contributed by atoms with Crippen LogP contribution in [0.4, 0.5) is 0 Å². The number of carbonyl (C=O) groups is 1. The van der Waals surface area contributed by atoms with Crippen LogP contribution in [0.5, 0.6) is 23.0 Å². The quantitative estimate of drug-likeness (QED) is 0.303. The van der Waals surface area contributed by atoms with Crippen molar-refractivity contribution in [3.8, 4) is 23.0 Å². The first-order valence-corrected chi connectivity index (χ1v) is 13.0. The fourth-order valence-electron chi connectivity index (χ4n) is 5.01. The molecule has 0 aliphatic carbocycles. The summed E-state index contributed by atoms with van der Waals surface area (Å²) in [5.41, 5.74) is 3.93. The van der Waals surface area contributed by atoms with Gasteiger partial charge in [-0.1, -0.05) is 42.5 Å². The number of para-hydroxylation sites is 1. The second-order valence-electron chi connectivity index (χ2n) is 9.65. The zero-order valence-electron chi connectivity index (χ0n) is 22.1. The Morgan fingerprint density at radius 2 is 1.64 bits per heavy atom. The standard InChI is InChI=1S/C32H31NO6/c1-21-19-29-31(32(36)33(21)17-15-22-7-11-24(34)12-8-22)27(20-30(35)39-29)26-5-3-4-6-28(26)38-18-16-23-9-13-25(37-2)14-10-23/h3-14,19,27,34H,15-18,20H2,1-2H3/t27-/m1/s1. The van der Waals surface area contributed by atoms with Crippen molar-refractivity contribution in [1.29, 1.82) is 0 Å². The number of aryl methyl sites for hydroxylation is 2. The third-order valence-corrected chi connectivity index (χ3v) is 7.11. The highest BCUT2D eigenvalue weighted by atomic mass is 16.5. The van der Waals surface area contributed by atoms with E-state index in [4.69, 9.17) is 14.2 Å². The SMILES string of the molecule is COc1ccc(CCOc2ccccc2[C@H]2CC(=O)Oc3cc(C)n(CCc4ccc(O)cc4)c(=O)c32)cc1. The number of esters is 1. The molecule has 4 aromatic rings. The van der Waals surface area contributed by atoms with Crippen LogP contribution in [0.3, 0.4) is 0 Å². The van der Waals surface area contributed by atoms with E-state index in [1.165, 1.54) is 0 Å². The van der Waals surface area contributed by atoms with Crippen molar-refractivity contribution >= 4 is 5.97 Å². The van der Waals surface area contributed by atoms with Crippen LogP contribution in [0.1, 0.15) is 40.3 Å². The van der Waals surface area contributed by atoms with Gasteiger partial charge in [0, 0.05) is 36.2 Å². The number of carbonyl (C=O) groups excluding carboxylic acids is 1. The highest BCUT2D eigenvalue weighted by Gasteiger charge is 2.34. The van der Waals surface area contributed by atoms with Gasteiger partial charge in [-0.25, -0.2) is 0 Å². The Kier molecular flexibility index (Phi) is 7.68. The van der Waals surface area contributed by atoms with E-state index in [1.54, 1.807) is 29.9 Å². The van der Waals surface area contributed by atoms with Gasteiger partial charge in [-0.2, -0.15) is 0 Å². The molecule has 0 bridgehead atoms. The Bertz CT molecular complexity index is 1520. The summed E-state index contributed by atoms with van der Waals surface area (Å²) in [6.07, 6.45) is 1.38. The van der Waals surface area contributed by atoms with E-state index in [9.17, 15) is 14.7 Å². The van der Waals surface area contributed by atoms with Crippen LogP contribution in [0.15, 0.2) is 83.7 Å². The number of pyridine rings is 1. The summed E-state index contributed by atoms with van der Waals surface area (Å²) >= 11 is 0. The van der Waals surface area contributed by atoms with Crippen molar-refractivity contribution in [2.75, 3.05) is 13.7 Å². The molecule has 7 nitrogen and oxygen atoms in total. The summed E-state index contributed by atoms with van der Waals surface area (Å²) in [4.78, 5) is 26.5. The average Bonchev–Trinajstić information content (AvgIpc) is 2.94. The smallest absolute Gasteiger partial charge is 0.312 e. The van der Waals surface area contributed by atoms with Gasteiger partial charge < -0.3 is 23.9 Å². The molecule has 1 aliphatic rings. The molecule has 2 heterocycles. The van der Waals surface area contributed by atoms with Crippen molar-refractivity contribution in [2.24, 2.45) is 0 Å². The fraction of sp³-hybridized carbons (Fsp3) is 0.250. The van der Waals surface area contributed by atoms with Gasteiger partial charge in [-0.15, -0.1) is 0 Å². The minimum Gasteiger partial charge on any atom is -0.508 e. The van der Waals surface area contributed by atoms with Crippen LogP contribution in [-0.2, 0) is 24.2 Å². The van der Waals surface area contributed by atoms with Crippen LogP contribution in [0.25, 0.3) is 0 Å². The third kappa shape index (κ3) is 5.82. The van der Waals surface area contributed by atoms with Crippen molar-refractivity contribution in [3.63, 3.8) is 0 Å². The first-order chi connectivity index (χ1) is 18.9. The molecule has 0 spiro atoms. The largest absolute Gasteiger partial charge is 0.508 e. The average molecular weight is 526 g/mol. The highest BCUT2D eigenvalue weighted by Crippen LogP contribution is 2.40. The molecule has 1 N–H and O–H groups in total. The molecule has 1 atom stereocenters. The van der Waals surface area contributed by atoms with Crippen molar-refractivity contribution in [3.05, 3.63) is 117 Å². The molecule has 0 radical (unpaired) electrons. The number of phenolic OH excluding ortho intramolecular Hbond substituents is 1. The van der Waals surface area contributed by atoms with Gasteiger partial charge in [-0.05, 0) is 54.8 Å². The van der Waals surface area contributed by atoms with Crippen LogP contribution in [-0.4, -0.2) is 29.4 Å². The number of aromatic nitrogens is 1. The Labute approximate surface area is 227 Å². The van der Waals surface area contributed by atoms with E-state index in [2.05, 4.69) is 0 Å². The van der Waals surface area contributed by atoms with Gasteiger partial charge in [0.25, 0.3) is 5.56 Å². The number of methoxy groups -OCH3 is 1. The van der Waals surface area contributed by atoms with Crippen LogP contribution >= 0.6 is 0 Å². The van der Waals surface area contributed by atoms with Crippen molar-refractivity contribution < 1.29 is 24.1 Å². The molecule has 200 valence electrons. The lowest BCUT2D eigenvalue weighted by atomic mass is 9.86. The molecule has 1 aliphatic heterocycles. The summed E-state index contributed by atoms with van der Waals surface area (Å²) in [5.74, 6) is 1.11. The number of rotatable bonds is 9. The minimum absolute atomic E-state index is 0.0577. The molecule has 7 heteroatoms. The molecule has 3 aromatic carbocycles. The summed E-state index contributed by atoms with van der Waals surface area (Å²) in [6, 6.07) is 24.2. The maximum Gasteiger partial charge on any atom is 0.312 e. The predicted molar refractivity (Wildman–Crippen MR) is 148 cm³/mol. The van der Waals surface area contributed by atoms with E-state index >= 15 is 0 Å². The normalized spacial score (nSPS) is 14.4. The Hall–Kier alpha value is -4.52. The summed E-state index contributed by atoms with van der Waals surface area (Å²) in [6.45, 7) is 2.74. The molecule has 0 unspecified atom stereocenters. The molecule has 0 fully saturated rings. The lowest BCUT2D eigenvalue weighted by Crippen LogP contribution is -2.33. The van der Waals surface area contributed by atoms with Crippen LogP contribution < -0.4 is 19.8 Å². The molecular formula is C32H31NO6. The van der Waals surface area contributed by atoms with Gasteiger partial charge in [-0.3, -0.25) is 9.59 Å². The zero-order valence-corrected chi connectivity index (χ0v) is 22.1. The second-order valence-corrected chi connectivity index (χ2v) is 9.65. The van der Waals surface area contributed by atoms with E-state index in [1.807, 2.05) is 67.6 Å². The number of nitrogens with zero attached hydrogens (tertiary/aromatic N) is 1. The summed E-state index contributed by atoms with van der Waals surface area (Å²) in [7, 11) is 1.64. The number of hydrogen-bond acceptors (Lipinski definition) is 6. The van der Waals surface area contributed by atoms with E-state index in [0.29, 0.717) is 43.1 Å². The molecule has 1 aromatic heterocycles. The number of ether oxygens (including phenoxy) is 3. The molecular weight excluding hydrogens is 494 g/mol. The first kappa shape index (κ1) is 26.1. The molecule has 5 rings (SSSR count). The zero-order chi connectivity index (χ0) is 27.4. The maximum absolute atomic E-state index is 13.8. The van der Waals surface area contributed by atoms with E-state index in [0.717, 1.165) is 28.1 Å². The maximum atomic E-state index is 13.8. The van der Waals surface area contributed by atoms with E-state index < -0.39 is 5.92 Å². The van der Waals surface area contributed by atoms with Crippen LogP contribution in [0, 0.1) is 6.92 Å². The minimum atomic E-state index is -0.480. The van der Waals surface area contributed by atoms with Gasteiger partial charge in [0.05, 0.1) is 25.7 Å². The number of fused-ring (bicyclic) bond motifs is 1. The highest BCUT2D eigenvalue weighted by molar-refractivity contribution is 5.78. The second kappa shape index (κ2) is 11.5. The Morgan fingerprint density at radius 1 is 0.949 bits per heavy atom. The van der Waals surface area contributed by atoms with Crippen molar-refractivity contribution in [2.45, 2.75) is 38.6 Å². The molecule has 0 amide bonds. The number of benzene rings is 3.